The van der Waals surface area contributed by atoms with Gasteiger partial charge in [0.15, 0.2) is 0 Å². The predicted molar refractivity (Wildman–Crippen MR) is 143 cm³/mol. The number of nitrogens with zero attached hydrogens (tertiary/aromatic N) is 2. The van der Waals surface area contributed by atoms with Crippen molar-refractivity contribution in [3.8, 4) is 5.75 Å². The molecule has 3 rings (SSSR count). The first-order valence-electron chi connectivity index (χ1n) is 12.4. The largest absolute Gasteiger partial charge is 0.489 e. The highest BCUT2D eigenvalue weighted by Crippen LogP contribution is 2.33. The number of benzene rings is 1. The normalized spacial score (nSPS) is 14.8. The molecular formula is C28H34ClN3O5. The van der Waals surface area contributed by atoms with Crippen molar-refractivity contribution in [2.24, 2.45) is 0 Å². The summed E-state index contributed by atoms with van der Waals surface area (Å²) in [7, 11) is 1.38. The summed E-state index contributed by atoms with van der Waals surface area (Å²) in [5.41, 5.74) is 2.85. The predicted octanol–water partition coefficient (Wildman–Crippen LogP) is 5.97. The average molecular weight is 528 g/mol. The number of aromatic nitrogens is 1. The van der Waals surface area contributed by atoms with E-state index in [-0.39, 0.29) is 23.8 Å². The molecule has 0 unspecified atom stereocenters. The van der Waals surface area contributed by atoms with Crippen LogP contribution in [0.2, 0.25) is 5.02 Å². The molecule has 1 aliphatic rings. The van der Waals surface area contributed by atoms with Crippen LogP contribution in [-0.2, 0) is 16.0 Å². The van der Waals surface area contributed by atoms with E-state index in [4.69, 9.17) is 25.8 Å². The summed E-state index contributed by atoms with van der Waals surface area (Å²) in [5, 5.41) is 3.53. The highest BCUT2D eigenvalue weighted by atomic mass is 35.5. The monoisotopic (exact) mass is 527 g/mol. The Morgan fingerprint density at radius 1 is 1.22 bits per heavy atom. The Hall–Kier alpha value is -3.52. The molecule has 1 aliphatic heterocycles. The molecule has 1 aromatic heterocycles. The van der Waals surface area contributed by atoms with Crippen molar-refractivity contribution in [2.45, 2.75) is 52.7 Å². The van der Waals surface area contributed by atoms with Crippen LogP contribution in [0.3, 0.4) is 0 Å². The molecule has 0 atom stereocenters. The molecule has 1 saturated heterocycles. The maximum atomic E-state index is 13.0. The number of allylic oxidation sites excluding steroid dienone is 2. The minimum Gasteiger partial charge on any atom is -0.489 e. The van der Waals surface area contributed by atoms with Crippen molar-refractivity contribution in [3.63, 3.8) is 0 Å². The van der Waals surface area contributed by atoms with Gasteiger partial charge in [-0.15, -0.1) is 0 Å². The van der Waals surface area contributed by atoms with Gasteiger partial charge in [0, 0.05) is 49.8 Å². The van der Waals surface area contributed by atoms with Gasteiger partial charge in [0.2, 0.25) is 0 Å². The fraction of sp³-hybridized carbons (Fsp3) is 0.393. The molecule has 1 aromatic carbocycles. The Morgan fingerprint density at radius 3 is 2.54 bits per heavy atom. The Balaban J connectivity index is 1.86. The number of piperidine rings is 1. The number of pyridine rings is 1. The van der Waals surface area contributed by atoms with E-state index >= 15 is 0 Å². The number of carbonyl (C=O) groups is 2. The van der Waals surface area contributed by atoms with Gasteiger partial charge in [-0.1, -0.05) is 36.7 Å². The molecule has 0 saturated carbocycles. The van der Waals surface area contributed by atoms with Crippen molar-refractivity contribution in [3.05, 3.63) is 76.3 Å². The van der Waals surface area contributed by atoms with E-state index in [1.807, 2.05) is 32.9 Å². The molecule has 1 fully saturated rings. The molecule has 0 bridgehead atoms. The number of rotatable bonds is 9. The quantitative estimate of drug-likeness (QED) is 0.404. The molecule has 37 heavy (non-hydrogen) atoms. The molecular weight excluding hydrogens is 494 g/mol. The minimum absolute atomic E-state index is 0.142. The number of amides is 2. The van der Waals surface area contributed by atoms with Crippen LogP contribution in [0.4, 0.5) is 4.79 Å². The van der Waals surface area contributed by atoms with E-state index in [1.165, 1.54) is 7.11 Å². The van der Waals surface area contributed by atoms with Gasteiger partial charge in [0.05, 0.1) is 18.9 Å². The van der Waals surface area contributed by atoms with Gasteiger partial charge in [-0.2, -0.15) is 0 Å². The van der Waals surface area contributed by atoms with E-state index in [0.717, 1.165) is 17.6 Å². The molecule has 2 amide bonds. The fourth-order valence-corrected chi connectivity index (χ4v) is 3.99. The minimum atomic E-state index is -0.341. The lowest BCUT2D eigenvalue weighted by Gasteiger charge is -2.31. The summed E-state index contributed by atoms with van der Waals surface area (Å²) in [5.74, 6) is 0.831. The van der Waals surface area contributed by atoms with Crippen molar-refractivity contribution in [1.29, 1.82) is 0 Å². The van der Waals surface area contributed by atoms with Crippen molar-refractivity contribution >= 4 is 29.4 Å². The second-order valence-electron chi connectivity index (χ2n) is 8.70. The summed E-state index contributed by atoms with van der Waals surface area (Å²) >= 11 is 5.95. The second-order valence-corrected chi connectivity index (χ2v) is 9.14. The summed E-state index contributed by atoms with van der Waals surface area (Å²) in [6.45, 7) is 7.30. The van der Waals surface area contributed by atoms with E-state index < -0.39 is 0 Å². The first-order valence-corrected chi connectivity index (χ1v) is 12.7. The number of nitrogens with one attached hydrogen (secondary N) is 1. The van der Waals surface area contributed by atoms with Gasteiger partial charge < -0.3 is 24.4 Å². The molecule has 2 heterocycles. The highest BCUT2D eigenvalue weighted by Gasteiger charge is 2.26. The third-order valence-corrected chi connectivity index (χ3v) is 6.37. The molecule has 8 nitrogen and oxygen atoms in total. The summed E-state index contributed by atoms with van der Waals surface area (Å²) in [6, 6.07) is 8.93. The van der Waals surface area contributed by atoms with Gasteiger partial charge in [-0.25, -0.2) is 4.79 Å². The zero-order valence-corrected chi connectivity index (χ0v) is 22.5. The fourth-order valence-electron chi connectivity index (χ4n) is 3.86. The maximum Gasteiger partial charge on any atom is 0.409 e. The standard InChI is InChI=1S/C28H34ClN3O5/c1-5-15-36-26(19(3)6-2)23-18-30-24(27(33)31-17-20-7-9-21(29)10-8-20)16-25(23)37-22-11-13-32(14-12-22)28(34)35-4/h5,7-10,15-16,18,22H,6,11-14,17H2,1-4H3,(H,31,33)/b15-5-,26-19?. The van der Waals surface area contributed by atoms with Crippen LogP contribution in [0.1, 0.15) is 61.6 Å². The number of carbonyl (C=O) groups excluding carboxylic acids is 2. The highest BCUT2D eigenvalue weighted by molar-refractivity contribution is 6.30. The molecule has 198 valence electrons. The summed E-state index contributed by atoms with van der Waals surface area (Å²) in [4.78, 5) is 30.9. The van der Waals surface area contributed by atoms with Crippen LogP contribution in [0.5, 0.6) is 5.75 Å². The topological polar surface area (TPSA) is 90.0 Å². The van der Waals surface area contributed by atoms with E-state index in [0.29, 0.717) is 54.6 Å². The molecule has 2 aromatic rings. The Kier molecular flexibility index (Phi) is 10.4. The first-order chi connectivity index (χ1) is 17.9. The van der Waals surface area contributed by atoms with Crippen LogP contribution in [0, 0.1) is 0 Å². The molecule has 0 aliphatic carbocycles. The molecule has 9 heteroatoms. The van der Waals surface area contributed by atoms with Gasteiger partial charge in [-0.05, 0) is 43.5 Å². The lowest BCUT2D eigenvalue weighted by atomic mass is 10.1. The number of hydrogen-bond donors (Lipinski definition) is 1. The van der Waals surface area contributed by atoms with Crippen molar-refractivity contribution in [1.82, 2.24) is 15.2 Å². The number of hydrogen-bond acceptors (Lipinski definition) is 6. The van der Waals surface area contributed by atoms with Gasteiger partial charge in [-0.3, -0.25) is 9.78 Å². The molecule has 1 N–H and O–H groups in total. The van der Waals surface area contributed by atoms with Crippen molar-refractivity contribution < 1.29 is 23.8 Å². The number of likely N-dealkylation sites (tertiary alicyclic amines) is 1. The van der Waals surface area contributed by atoms with Crippen LogP contribution < -0.4 is 10.1 Å². The SMILES string of the molecule is C/C=C\OC(=C(C)CC)c1cnc(C(=O)NCc2ccc(Cl)cc2)cc1OC1CCN(C(=O)OC)CC1. The van der Waals surface area contributed by atoms with Crippen LogP contribution >= 0.6 is 11.6 Å². The maximum absolute atomic E-state index is 13.0. The Bertz CT molecular complexity index is 1140. The first kappa shape index (κ1) is 28.1. The van der Waals surface area contributed by atoms with Gasteiger partial charge in [0.25, 0.3) is 5.91 Å². The molecule has 0 spiro atoms. The smallest absolute Gasteiger partial charge is 0.409 e. The zero-order valence-electron chi connectivity index (χ0n) is 21.8. The van der Waals surface area contributed by atoms with Crippen LogP contribution in [0.25, 0.3) is 5.76 Å². The average Bonchev–Trinajstić information content (AvgIpc) is 2.93. The third kappa shape index (κ3) is 7.73. The van der Waals surface area contributed by atoms with Crippen LogP contribution in [-0.4, -0.2) is 48.2 Å². The Morgan fingerprint density at radius 2 is 1.92 bits per heavy atom. The summed E-state index contributed by atoms with van der Waals surface area (Å²) < 4.78 is 17.2. The lowest BCUT2D eigenvalue weighted by Crippen LogP contribution is -2.41. The third-order valence-electron chi connectivity index (χ3n) is 6.12. The van der Waals surface area contributed by atoms with Crippen molar-refractivity contribution in [2.75, 3.05) is 20.2 Å². The van der Waals surface area contributed by atoms with E-state index in [2.05, 4.69) is 10.3 Å². The number of ether oxygens (including phenoxy) is 3. The summed E-state index contributed by atoms with van der Waals surface area (Å²) in [6.07, 6.45) is 6.59. The van der Waals surface area contributed by atoms with E-state index in [1.54, 1.807) is 41.6 Å². The second kappa shape index (κ2) is 13.7. The van der Waals surface area contributed by atoms with Crippen LogP contribution in [0.15, 0.2) is 54.4 Å². The number of halogens is 1. The zero-order chi connectivity index (χ0) is 26.8. The van der Waals surface area contributed by atoms with Gasteiger partial charge in [0.1, 0.15) is 23.3 Å². The van der Waals surface area contributed by atoms with Gasteiger partial charge >= 0.3 is 6.09 Å². The molecule has 0 radical (unpaired) electrons. The lowest BCUT2D eigenvalue weighted by molar-refractivity contribution is 0.0785. The Labute approximate surface area is 223 Å². The van der Waals surface area contributed by atoms with E-state index in [9.17, 15) is 9.59 Å². The number of methoxy groups -OCH3 is 1.